The lowest BCUT2D eigenvalue weighted by atomic mass is 10.2. The van der Waals surface area contributed by atoms with Crippen LogP contribution in [-0.2, 0) is 10.3 Å². The number of nitrogens with two attached hydrogens (primary N) is 1. The molecule has 3 rings (SSSR count). The second kappa shape index (κ2) is 4.78. The minimum absolute atomic E-state index is 0.278. The Labute approximate surface area is 105 Å². The molecule has 0 bridgehead atoms. The molecular weight excluding hydrogens is 230 g/mol. The van der Waals surface area contributed by atoms with Gasteiger partial charge in [-0.1, -0.05) is 12.1 Å². The maximum Gasteiger partial charge on any atom is 0.317 e. The standard InChI is InChI=1S/C11H12N2.C2H5NO2/c1-11(6-7-11)13-8-12-9-4-2-3-5-10(9)13;3-1-2(4)5/h2-5,8H,6-7H2,1H3;1,3H2,(H,4,5). The number of aliphatic carboxylic acids is 1. The lowest BCUT2D eigenvalue weighted by molar-refractivity contribution is -0.135. The molecule has 0 amide bonds. The third-order valence-corrected chi connectivity index (χ3v) is 3.18. The Morgan fingerprint density at radius 1 is 1.50 bits per heavy atom. The molecule has 0 aliphatic heterocycles. The van der Waals surface area contributed by atoms with Crippen molar-refractivity contribution >= 4 is 17.0 Å². The van der Waals surface area contributed by atoms with Crippen LogP contribution in [0.15, 0.2) is 30.6 Å². The van der Waals surface area contributed by atoms with Crippen LogP contribution in [0.2, 0.25) is 0 Å². The van der Waals surface area contributed by atoms with E-state index in [1.54, 1.807) is 0 Å². The van der Waals surface area contributed by atoms with Gasteiger partial charge in [-0.25, -0.2) is 4.98 Å². The van der Waals surface area contributed by atoms with Crippen molar-refractivity contribution in [2.24, 2.45) is 5.73 Å². The minimum Gasteiger partial charge on any atom is -0.480 e. The Balaban J connectivity index is 0.000000209. The number of carbonyl (C=O) groups is 1. The molecule has 96 valence electrons. The van der Waals surface area contributed by atoms with Gasteiger partial charge in [0.25, 0.3) is 0 Å². The molecule has 1 saturated carbocycles. The van der Waals surface area contributed by atoms with E-state index in [-0.39, 0.29) is 6.54 Å². The number of hydrogen-bond acceptors (Lipinski definition) is 3. The van der Waals surface area contributed by atoms with Crippen LogP contribution in [0.25, 0.3) is 11.0 Å². The summed E-state index contributed by atoms with van der Waals surface area (Å²) < 4.78 is 2.31. The molecule has 2 aromatic rings. The predicted molar refractivity (Wildman–Crippen MR) is 69.3 cm³/mol. The van der Waals surface area contributed by atoms with Crippen molar-refractivity contribution in [2.75, 3.05) is 6.54 Å². The number of imidazole rings is 1. The number of rotatable bonds is 2. The maximum absolute atomic E-state index is 9.24. The predicted octanol–water partition coefficient (Wildman–Crippen LogP) is 1.57. The summed E-state index contributed by atoms with van der Waals surface area (Å²) in [6.07, 6.45) is 4.54. The van der Waals surface area contributed by atoms with Crippen LogP contribution in [0.5, 0.6) is 0 Å². The normalized spacial score (nSPS) is 15.9. The molecule has 0 saturated heterocycles. The number of aromatic nitrogens is 2. The van der Waals surface area contributed by atoms with E-state index >= 15 is 0 Å². The van der Waals surface area contributed by atoms with Crippen molar-refractivity contribution in [1.29, 1.82) is 0 Å². The molecule has 1 aliphatic carbocycles. The van der Waals surface area contributed by atoms with Gasteiger partial charge in [0.1, 0.15) is 0 Å². The first-order valence-electron chi connectivity index (χ1n) is 5.91. The van der Waals surface area contributed by atoms with Crippen molar-refractivity contribution < 1.29 is 9.90 Å². The molecule has 1 aromatic heterocycles. The summed E-state index contributed by atoms with van der Waals surface area (Å²) in [6.45, 7) is 2.01. The number of carboxylic acids is 1. The van der Waals surface area contributed by atoms with Gasteiger partial charge in [0.15, 0.2) is 0 Å². The number of fused-ring (bicyclic) bond motifs is 1. The summed E-state index contributed by atoms with van der Waals surface area (Å²) in [5.41, 5.74) is 7.30. The molecule has 0 spiro atoms. The van der Waals surface area contributed by atoms with Gasteiger partial charge in [-0.2, -0.15) is 0 Å². The fourth-order valence-electron chi connectivity index (χ4n) is 1.81. The van der Waals surface area contributed by atoms with Gasteiger partial charge in [-0.15, -0.1) is 0 Å². The molecule has 0 atom stereocenters. The number of carboxylic acid groups (broad SMARTS) is 1. The SMILES string of the molecule is CC1(n2cnc3ccccc32)CC1.NCC(=O)O. The Kier molecular flexibility index (Phi) is 3.34. The second-order valence-electron chi connectivity index (χ2n) is 4.70. The fraction of sp³-hybridized carbons (Fsp3) is 0.385. The molecule has 3 N–H and O–H groups in total. The van der Waals surface area contributed by atoms with Crippen molar-refractivity contribution in [3.63, 3.8) is 0 Å². The van der Waals surface area contributed by atoms with Crippen LogP contribution in [0.3, 0.4) is 0 Å². The van der Waals surface area contributed by atoms with E-state index in [1.807, 2.05) is 12.4 Å². The number of nitrogens with zero attached hydrogens (tertiary/aromatic N) is 2. The van der Waals surface area contributed by atoms with Crippen LogP contribution in [0.1, 0.15) is 19.8 Å². The van der Waals surface area contributed by atoms with Crippen molar-refractivity contribution in [3.8, 4) is 0 Å². The number of benzene rings is 1. The highest BCUT2D eigenvalue weighted by atomic mass is 16.4. The Morgan fingerprint density at radius 3 is 2.67 bits per heavy atom. The zero-order chi connectivity index (χ0) is 13.2. The Bertz CT molecular complexity index is 558. The smallest absolute Gasteiger partial charge is 0.317 e. The Hall–Kier alpha value is -1.88. The lowest BCUT2D eigenvalue weighted by Crippen LogP contribution is -2.10. The summed E-state index contributed by atoms with van der Waals surface area (Å²) in [4.78, 5) is 13.6. The monoisotopic (exact) mass is 247 g/mol. The van der Waals surface area contributed by atoms with E-state index in [0.29, 0.717) is 5.54 Å². The maximum atomic E-state index is 9.24. The van der Waals surface area contributed by atoms with Gasteiger partial charge in [-0.05, 0) is 31.9 Å². The number of para-hydroxylation sites is 2. The first-order valence-corrected chi connectivity index (χ1v) is 5.91. The fourth-order valence-corrected chi connectivity index (χ4v) is 1.81. The van der Waals surface area contributed by atoms with Gasteiger partial charge in [0.05, 0.1) is 23.9 Å². The van der Waals surface area contributed by atoms with Gasteiger partial charge in [0.2, 0.25) is 0 Å². The van der Waals surface area contributed by atoms with Gasteiger partial charge < -0.3 is 15.4 Å². The highest BCUT2D eigenvalue weighted by Crippen LogP contribution is 2.44. The molecule has 0 radical (unpaired) electrons. The molecule has 1 fully saturated rings. The minimum atomic E-state index is -0.968. The summed E-state index contributed by atoms with van der Waals surface area (Å²) in [5, 5.41) is 7.60. The molecule has 1 aliphatic rings. The third-order valence-electron chi connectivity index (χ3n) is 3.18. The molecule has 18 heavy (non-hydrogen) atoms. The first kappa shape index (κ1) is 12.6. The molecule has 0 unspecified atom stereocenters. The van der Waals surface area contributed by atoms with E-state index in [2.05, 4.69) is 40.4 Å². The van der Waals surface area contributed by atoms with Gasteiger partial charge in [-0.3, -0.25) is 4.79 Å². The molecular formula is C13H17N3O2. The highest BCUT2D eigenvalue weighted by molar-refractivity contribution is 5.75. The summed E-state index contributed by atoms with van der Waals surface area (Å²) in [6, 6.07) is 8.32. The van der Waals surface area contributed by atoms with Crippen LogP contribution in [-0.4, -0.2) is 27.2 Å². The molecule has 1 heterocycles. The van der Waals surface area contributed by atoms with E-state index in [9.17, 15) is 4.79 Å². The molecule has 1 aromatic carbocycles. The van der Waals surface area contributed by atoms with Crippen molar-refractivity contribution in [3.05, 3.63) is 30.6 Å². The van der Waals surface area contributed by atoms with Crippen LogP contribution in [0.4, 0.5) is 0 Å². The quantitative estimate of drug-likeness (QED) is 0.844. The average Bonchev–Trinajstić information content (AvgIpc) is 2.96. The lowest BCUT2D eigenvalue weighted by Gasteiger charge is -2.10. The van der Waals surface area contributed by atoms with E-state index in [4.69, 9.17) is 5.11 Å². The largest absolute Gasteiger partial charge is 0.480 e. The molecule has 5 nitrogen and oxygen atoms in total. The first-order chi connectivity index (χ1) is 8.57. The zero-order valence-corrected chi connectivity index (χ0v) is 10.3. The number of hydrogen-bond donors (Lipinski definition) is 2. The summed E-state index contributed by atoms with van der Waals surface area (Å²) in [5.74, 6) is -0.968. The third kappa shape index (κ3) is 2.51. The summed E-state index contributed by atoms with van der Waals surface area (Å²) >= 11 is 0. The zero-order valence-electron chi connectivity index (χ0n) is 10.3. The van der Waals surface area contributed by atoms with Crippen molar-refractivity contribution in [1.82, 2.24) is 9.55 Å². The molecule has 5 heteroatoms. The summed E-state index contributed by atoms with van der Waals surface area (Å²) in [7, 11) is 0. The topological polar surface area (TPSA) is 81.1 Å². The van der Waals surface area contributed by atoms with Gasteiger partial charge in [0, 0.05) is 5.54 Å². The van der Waals surface area contributed by atoms with E-state index in [1.165, 1.54) is 18.4 Å². The van der Waals surface area contributed by atoms with Gasteiger partial charge >= 0.3 is 5.97 Å². The van der Waals surface area contributed by atoms with Crippen LogP contribution >= 0.6 is 0 Å². The average molecular weight is 247 g/mol. The second-order valence-corrected chi connectivity index (χ2v) is 4.70. The highest BCUT2D eigenvalue weighted by Gasteiger charge is 2.39. The Morgan fingerprint density at radius 2 is 2.11 bits per heavy atom. The van der Waals surface area contributed by atoms with E-state index < -0.39 is 5.97 Å². The van der Waals surface area contributed by atoms with Crippen LogP contribution in [0, 0.1) is 0 Å². The van der Waals surface area contributed by atoms with Crippen molar-refractivity contribution in [2.45, 2.75) is 25.3 Å². The van der Waals surface area contributed by atoms with Crippen LogP contribution < -0.4 is 5.73 Å². The van der Waals surface area contributed by atoms with E-state index in [0.717, 1.165) is 5.52 Å².